The first-order chi connectivity index (χ1) is 9.54. The monoisotopic (exact) mass is 292 g/mol. The predicted molar refractivity (Wildman–Crippen MR) is 76.4 cm³/mol. The lowest BCUT2D eigenvalue weighted by molar-refractivity contribution is 0.0700. The molecule has 0 aromatic carbocycles. The van der Waals surface area contributed by atoms with E-state index < -0.39 is 5.97 Å². The molecule has 2 heterocycles. The zero-order valence-electron chi connectivity index (χ0n) is 11.4. The van der Waals surface area contributed by atoms with Gasteiger partial charge in [-0.3, -0.25) is 4.68 Å². The van der Waals surface area contributed by atoms with E-state index in [1.807, 2.05) is 31.4 Å². The van der Waals surface area contributed by atoms with Crippen LogP contribution in [0.3, 0.4) is 0 Å². The van der Waals surface area contributed by atoms with Crippen molar-refractivity contribution < 1.29 is 9.90 Å². The summed E-state index contributed by atoms with van der Waals surface area (Å²) in [4.78, 5) is 18.2. The molecule has 0 aliphatic heterocycles. The van der Waals surface area contributed by atoms with E-state index in [9.17, 15) is 9.90 Å². The average molecular weight is 292 g/mol. The van der Waals surface area contributed by atoms with Crippen LogP contribution in [0.1, 0.15) is 39.7 Å². The first-order valence-corrected chi connectivity index (χ1v) is 7.29. The maximum Gasteiger partial charge on any atom is 0.347 e. The highest BCUT2D eigenvalue weighted by molar-refractivity contribution is 7.17. The Morgan fingerprint density at radius 1 is 1.60 bits per heavy atom. The van der Waals surface area contributed by atoms with Crippen LogP contribution in [0.2, 0.25) is 0 Å². The third-order valence-electron chi connectivity index (χ3n) is 3.31. The summed E-state index contributed by atoms with van der Waals surface area (Å²) in [5.74, 6) is -0.525. The summed E-state index contributed by atoms with van der Waals surface area (Å²) in [6.45, 7) is 0.671. The normalized spacial score (nSPS) is 14.5. The van der Waals surface area contributed by atoms with Crippen LogP contribution in [0.15, 0.2) is 12.4 Å². The summed E-state index contributed by atoms with van der Waals surface area (Å²) in [5.41, 5.74) is 1.84. The first kappa shape index (κ1) is 13.1. The Balaban J connectivity index is 1.82. The van der Waals surface area contributed by atoms with Gasteiger partial charge in [0.1, 0.15) is 4.88 Å². The maximum absolute atomic E-state index is 11.3. The molecule has 2 aromatic heterocycles. The Bertz CT molecular complexity index is 645. The Hall–Kier alpha value is -1.89. The van der Waals surface area contributed by atoms with Crippen molar-refractivity contribution in [1.29, 1.82) is 0 Å². The summed E-state index contributed by atoms with van der Waals surface area (Å²) < 4.78 is 1.75. The van der Waals surface area contributed by atoms with Crippen molar-refractivity contribution in [3.8, 4) is 0 Å². The number of thiazole rings is 1. The van der Waals surface area contributed by atoms with Gasteiger partial charge >= 0.3 is 5.97 Å². The lowest BCUT2D eigenvalue weighted by atomic mass is 10.2. The average Bonchev–Trinajstić information content (AvgIpc) is 3.00. The number of aryl methyl sites for hydroxylation is 1. The smallest absolute Gasteiger partial charge is 0.347 e. The number of carboxylic acids is 1. The SMILES string of the molecule is CN(Cc1cnn(C)c1)c1nc(C2CC2)c(C(=O)O)s1. The number of aromatic nitrogens is 3. The number of anilines is 1. The number of rotatable bonds is 5. The van der Waals surface area contributed by atoms with E-state index in [4.69, 9.17) is 0 Å². The minimum atomic E-state index is -0.870. The highest BCUT2D eigenvalue weighted by Gasteiger charge is 2.32. The molecule has 7 heteroatoms. The fraction of sp³-hybridized carbons (Fsp3) is 0.462. The van der Waals surface area contributed by atoms with E-state index in [0.29, 0.717) is 17.3 Å². The molecular weight excluding hydrogens is 276 g/mol. The van der Waals surface area contributed by atoms with Gasteiger partial charge in [0, 0.05) is 38.3 Å². The van der Waals surface area contributed by atoms with Crippen LogP contribution in [-0.2, 0) is 13.6 Å². The molecular formula is C13H16N4O2S. The Labute approximate surface area is 120 Å². The van der Waals surface area contributed by atoms with Gasteiger partial charge in [0.15, 0.2) is 5.13 Å². The van der Waals surface area contributed by atoms with Crippen molar-refractivity contribution in [3.05, 3.63) is 28.5 Å². The zero-order chi connectivity index (χ0) is 14.3. The molecule has 3 rings (SSSR count). The molecule has 106 valence electrons. The summed E-state index contributed by atoms with van der Waals surface area (Å²) in [7, 11) is 3.80. The maximum atomic E-state index is 11.3. The second-order valence-corrected chi connectivity index (χ2v) is 6.15. The summed E-state index contributed by atoms with van der Waals surface area (Å²) in [5, 5.41) is 14.2. The lowest BCUT2D eigenvalue weighted by Crippen LogP contribution is -2.15. The van der Waals surface area contributed by atoms with Crippen LogP contribution in [0, 0.1) is 0 Å². The molecule has 0 radical (unpaired) electrons. The number of carbonyl (C=O) groups is 1. The zero-order valence-corrected chi connectivity index (χ0v) is 12.2. The molecule has 0 atom stereocenters. The second kappa shape index (κ2) is 4.90. The predicted octanol–water partition coefficient (Wildman–Crippen LogP) is 2.09. The Kier molecular flexibility index (Phi) is 3.21. The molecule has 1 N–H and O–H groups in total. The van der Waals surface area contributed by atoms with Crippen LogP contribution in [0.4, 0.5) is 5.13 Å². The summed E-state index contributed by atoms with van der Waals surface area (Å²) >= 11 is 1.26. The molecule has 0 saturated heterocycles. The minimum Gasteiger partial charge on any atom is -0.477 e. The van der Waals surface area contributed by atoms with E-state index in [-0.39, 0.29) is 0 Å². The molecule has 0 unspecified atom stereocenters. The van der Waals surface area contributed by atoms with Gasteiger partial charge in [0.05, 0.1) is 11.9 Å². The van der Waals surface area contributed by atoms with Gasteiger partial charge in [-0.2, -0.15) is 5.10 Å². The highest BCUT2D eigenvalue weighted by atomic mass is 32.1. The number of carboxylic acid groups (broad SMARTS) is 1. The molecule has 1 aliphatic rings. The minimum absolute atomic E-state index is 0.345. The number of aromatic carboxylic acids is 1. The molecule has 1 saturated carbocycles. The van der Waals surface area contributed by atoms with E-state index in [1.54, 1.807) is 4.68 Å². The van der Waals surface area contributed by atoms with Gasteiger partial charge in [0.25, 0.3) is 0 Å². The van der Waals surface area contributed by atoms with Gasteiger partial charge in [-0.1, -0.05) is 11.3 Å². The van der Waals surface area contributed by atoms with Gasteiger partial charge in [-0.25, -0.2) is 9.78 Å². The van der Waals surface area contributed by atoms with E-state index in [1.165, 1.54) is 11.3 Å². The quantitative estimate of drug-likeness (QED) is 0.913. The van der Waals surface area contributed by atoms with Crippen LogP contribution < -0.4 is 4.90 Å². The van der Waals surface area contributed by atoms with Crippen LogP contribution in [0.5, 0.6) is 0 Å². The second-order valence-electron chi connectivity index (χ2n) is 5.17. The standard InChI is InChI=1S/C13H16N4O2S/c1-16(6-8-5-14-17(2)7-8)13-15-10(9-3-4-9)11(20-13)12(18)19/h5,7,9H,3-4,6H2,1-2H3,(H,18,19). The van der Waals surface area contributed by atoms with Crippen molar-refractivity contribution in [2.45, 2.75) is 25.3 Å². The molecule has 2 aromatic rings. The largest absolute Gasteiger partial charge is 0.477 e. The Morgan fingerprint density at radius 3 is 2.90 bits per heavy atom. The van der Waals surface area contributed by atoms with E-state index >= 15 is 0 Å². The third kappa shape index (κ3) is 2.53. The van der Waals surface area contributed by atoms with Crippen molar-refractivity contribution in [2.24, 2.45) is 7.05 Å². The van der Waals surface area contributed by atoms with Gasteiger partial charge in [-0.15, -0.1) is 0 Å². The van der Waals surface area contributed by atoms with Crippen molar-refractivity contribution in [1.82, 2.24) is 14.8 Å². The van der Waals surface area contributed by atoms with Crippen molar-refractivity contribution in [2.75, 3.05) is 11.9 Å². The lowest BCUT2D eigenvalue weighted by Gasteiger charge is -2.13. The molecule has 0 amide bonds. The van der Waals surface area contributed by atoms with Crippen molar-refractivity contribution >= 4 is 22.4 Å². The number of nitrogens with zero attached hydrogens (tertiary/aromatic N) is 4. The Morgan fingerprint density at radius 2 is 2.35 bits per heavy atom. The van der Waals surface area contributed by atoms with Gasteiger partial charge in [0.2, 0.25) is 0 Å². The molecule has 1 fully saturated rings. The van der Waals surface area contributed by atoms with Crippen LogP contribution in [0.25, 0.3) is 0 Å². The molecule has 0 spiro atoms. The fourth-order valence-electron chi connectivity index (χ4n) is 2.17. The molecule has 20 heavy (non-hydrogen) atoms. The molecule has 6 nitrogen and oxygen atoms in total. The van der Waals surface area contributed by atoms with Crippen LogP contribution in [-0.4, -0.2) is 32.9 Å². The number of hydrogen-bond donors (Lipinski definition) is 1. The highest BCUT2D eigenvalue weighted by Crippen LogP contribution is 2.44. The molecule has 0 bridgehead atoms. The third-order valence-corrected chi connectivity index (χ3v) is 4.48. The van der Waals surface area contributed by atoms with E-state index in [2.05, 4.69) is 10.1 Å². The first-order valence-electron chi connectivity index (χ1n) is 6.47. The molecule has 1 aliphatic carbocycles. The summed E-state index contributed by atoms with van der Waals surface area (Å²) in [6, 6.07) is 0. The number of hydrogen-bond acceptors (Lipinski definition) is 5. The van der Waals surface area contributed by atoms with Gasteiger partial charge in [-0.05, 0) is 12.8 Å². The topological polar surface area (TPSA) is 71.2 Å². The summed E-state index contributed by atoms with van der Waals surface area (Å²) in [6.07, 6.45) is 5.86. The fourth-order valence-corrected chi connectivity index (χ4v) is 3.12. The van der Waals surface area contributed by atoms with Crippen LogP contribution >= 0.6 is 11.3 Å². The van der Waals surface area contributed by atoms with Gasteiger partial charge < -0.3 is 10.0 Å². The van der Waals surface area contributed by atoms with Crippen molar-refractivity contribution in [3.63, 3.8) is 0 Å². The van der Waals surface area contributed by atoms with E-state index in [0.717, 1.165) is 29.2 Å².